The Morgan fingerprint density at radius 1 is 1.43 bits per heavy atom. The van der Waals surface area contributed by atoms with Gasteiger partial charge in [0.2, 0.25) is 5.91 Å². The van der Waals surface area contributed by atoms with E-state index in [9.17, 15) is 4.79 Å². The lowest BCUT2D eigenvalue weighted by molar-refractivity contribution is -0.116. The number of carbonyl (C=O) groups excluding carboxylic acids is 1. The summed E-state index contributed by atoms with van der Waals surface area (Å²) in [7, 11) is 0. The number of hydrogen-bond donors (Lipinski definition) is 2. The lowest BCUT2D eigenvalue weighted by atomic mass is 10.0. The van der Waals surface area contributed by atoms with Crippen LogP contribution in [-0.2, 0) is 4.79 Å². The summed E-state index contributed by atoms with van der Waals surface area (Å²) in [5, 5.41) is 14.1. The predicted molar refractivity (Wildman–Crippen MR) is 80.2 cm³/mol. The molecule has 110 valence electrons. The van der Waals surface area contributed by atoms with E-state index < -0.39 is 0 Å². The third kappa shape index (κ3) is 3.46. The van der Waals surface area contributed by atoms with Gasteiger partial charge in [-0.15, -0.1) is 5.10 Å². The van der Waals surface area contributed by atoms with E-state index in [0.717, 1.165) is 30.9 Å². The van der Waals surface area contributed by atoms with Crippen molar-refractivity contribution < 1.29 is 4.79 Å². The number of para-hydroxylation sites is 2. The van der Waals surface area contributed by atoms with E-state index in [2.05, 4.69) is 20.9 Å². The lowest BCUT2D eigenvalue weighted by Gasteiger charge is -2.11. The van der Waals surface area contributed by atoms with Crippen molar-refractivity contribution in [3.63, 3.8) is 0 Å². The number of hydrogen-bond acceptors (Lipinski definition) is 4. The van der Waals surface area contributed by atoms with Gasteiger partial charge in [-0.05, 0) is 44.0 Å². The Bertz CT molecular complexity index is 590. The quantitative estimate of drug-likeness (QED) is 0.875. The molecule has 2 N–H and O–H groups in total. The van der Waals surface area contributed by atoms with Crippen molar-refractivity contribution in [3.8, 4) is 5.69 Å². The van der Waals surface area contributed by atoms with Crippen molar-refractivity contribution in [1.82, 2.24) is 20.3 Å². The summed E-state index contributed by atoms with van der Waals surface area (Å²) in [5.74, 6) is 0.677. The Labute approximate surface area is 123 Å². The van der Waals surface area contributed by atoms with E-state index in [1.807, 2.05) is 24.3 Å². The molecule has 1 unspecified atom stereocenters. The summed E-state index contributed by atoms with van der Waals surface area (Å²) in [4.78, 5) is 12.1. The molecule has 6 nitrogen and oxygen atoms in total. The van der Waals surface area contributed by atoms with Gasteiger partial charge in [0.1, 0.15) is 0 Å². The van der Waals surface area contributed by atoms with E-state index in [0.29, 0.717) is 12.3 Å². The normalized spacial score (nSPS) is 17.8. The zero-order valence-electron chi connectivity index (χ0n) is 11.8. The molecule has 0 radical (unpaired) electrons. The van der Waals surface area contributed by atoms with Crippen LogP contribution in [0, 0.1) is 5.92 Å². The molecule has 2 heterocycles. The van der Waals surface area contributed by atoms with Gasteiger partial charge in [0.15, 0.2) is 0 Å². The minimum absolute atomic E-state index is 0.0504. The molecular formula is C15H19N5O. The summed E-state index contributed by atoms with van der Waals surface area (Å²) < 4.78 is 1.65. The van der Waals surface area contributed by atoms with Crippen molar-refractivity contribution in [2.75, 3.05) is 18.4 Å². The first-order chi connectivity index (χ1) is 10.3. The molecule has 0 bridgehead atoms. The number of rotatable bonds is 5. The molecule has 1 aliphatic heterocycles. The van der Waals surface area contributed by atoms with Gasteiger partial charge in [-0.25, -0.2) is 4.68 Å². The van der Waals surface area contributed by atoms with Crippen LogP contribution >= 0.6 is 0 Å². The first-order valence-corrected chi connectivity index (χ1v) is 7.29. The van der Waals surface area contributed by atoms with E-state index >= 15 is 0 Å². The Kier molecular flexibility index (Phi) is 4.25. The molecule has 21 heavy (non-hydrogen) atoms. The third-order valence-electron chi connectivity index (χ3n) is 3.79. The highest BCUT2D eigenvalue weighted by Crippen LogP contribution is 2.20. The Morgan fingerprint density at radius 2 is 2.33 bits per heavy atom. The number of anilines is 1. The molecule has 0 spiro atoms. The van der Waals surface area contributed by atoms with Crippen molar-refractivity contribution in [1.29, 1.82) is 0 Å². The predicted octanol–water partition coefficient (Wildman–Crippen LogP) is 1.60. The van der Waals surface area contributed by atoms with Crippen LogP contribution in [0.25, 0.3) is 5.69 Å². The van der Waals surface area contributed by atoms with E-state index in [1.54, 1.807) is 17.1 Å². The summed E-state index contributed by atoms with van der Waals surface area (Å²) in [6, 6.07) is 7.60. The molecule has 0 saturated carbocycles. The molecule has 1 atom stereocenters. The van der Waals surface area contributed by atoms with Crippen LogP contribution in [0.3, 0.4) is 0 Å². The third-order valence-corrected chi connectivity index (χ3v) is 3.79. The number of nitrogens with zero attached hydrogens (tertiary/aromatic N) is 3. The van der Waals surface area contributed by atoms with Gasteiger partial charge in [0.25, 0.3) is 0 Å². The molecule has 1 fully saturated rings. The second-order valence-electron chi connectivity index (χ2n) is 5.31. The minimum atomic E-state index is 0.0504. The van der Waals surface area contributed by atoms with Gasteiger partial charge < -0.3 is 10.6 Å². The fraction of sp³-hybridized carbons (Fsp3) is 0.400. The van der Waals surface area contributed by atoms with Crippen molar-refractivity contribution in [2.24, 2.45) is 5.92 Å². The first-order valence-electron chi connectivity index (χ1n) is 7.29. The fourth-order valence-corrected chi connectivity index (χ4v) is 2.62. The molecule has 0 aliphatic carbocycles. The van der Waals surface area contributed by atoms with Crippen LogP contribution in [0.4, 0.5) is 5.69 Å². The van der Waals surface area contributed by atoms with E-state index in [1.165, 1.54) is 6.42 Å². The van der Waals surface area contributed by atoms with Crippen LogP contribution in [0.5, 0.6) is 0 Å². The van der Waals surface area contributed by atoms with Gasteiger partial charge in [0.05, 0.1) is 23.8 Å². The van der Waals surface area contributed by atoms with Gasteiger partial charge >= 0.3 is 0 Å². The standard InChI is InChI=1S/C15H19N5O/c21-15(6-5-12-7-8-16-11-12)18-13-3-1-2-4-14(13)20-10-9-17-19-20/h1-4,9-10,12,16H,5-8,11H2,(H,18,21). The summed E-state index contributed by atoms with van der Waals surface area (Å²) in [5.41, 5.74) is 1.59. The molecule has 1 aromatic carbocycles. The van der Waals surface area contributed by atoms with Crippen molar-refractivity contribution >= 4 is 11.6 Å². The van der Waals surface area contributed by atoms with Gasteiger partial charge in [-0.2, -0.15) is 0 Å². The number of nitrogens with one attached hydrogen (secondary N) is 2. The molecule has 1 aromatic heterocycles. The molecule has 3 rings (SSSR count). The Morgan fingerprint density at radius 3 is 3.10 bits per heavy atom. The minimum Gasteiger partial charge on any atom is -0.324 e. The van der Waals surface area contributed by atoms with Crippen LogP contribution in [0.15, 0.2) is 36.7 Å². The van der Waals surface area contributed by atoms with Crippen LogP contribution in [-0.4, -0.2) is 34.0 Å². The summed E-state index contributed by atoms with van der Waals surface area (Å²) >= 11 is 0. The second-order valence-corrected chi connectivity index (χ2v) is 5.31. The lowest BCUT2D eigenvalue weighted by Crippen LogP contribution is -2.16. The van der Waals surface area contributed by atoms with E-state index in [-0.39, 0.29) is 5.91 Å². The summed E-state index contributed by atoms with van der Waals surface area (Å²) in [6.07, 6.45) is 6.03. The molecule has 6 heteroatoms. The molecule has 1 saturated heterocycles. The number of aromatic nitrogens is 3. The first kappa shape index (κ1) is 13.8. The average molecular weight is 285 g/mol. The number of carbonyl (C=O) groups is 1. The smallest absolute Gasteiger partial charge is 0.224 e. The molecule has 1 aliphatic rings. The van der Waals surface area contributed by atoms with Crippen LogP contribution in [0.1, 0.15) is 19.3 Å². The second kappa shape index (κ2) is 6.49. The number of amides is 1. The van der Waals surface area contributed by atoms with Crippen molar-refractivity contribution in [2.45, 2.75) is 19.3 Å². The zero-order chi connectivity index (χ0) is 14.5. The van der Waals surface area contributed by atoms with Gasteiger partial charge in [-0.1, -0.05) is 17.3 Å². The molecular weight excluding hydrogens is 266 g/mol. The average Bonchev–Trinajstić information content (AvgIpc) is 3.19. The zero-order valence-corrected chi connectivity index (χ0v) is 11.8. The topological polar surface area (TPSA) is 71.8 Å². The van der Waals surface area contributed by atoms with Crippen LogP contribution in [0.2, 0.25) is 0 Å². The highest BCUT2D eigenvalue weighted by molar-refractivity contribution is 5.92. The monoisotopic (exact) mass is 285 g/mol. The maximum Gasteiger partial charge on any atom is 0.224 e. The van der Waals surface area contributed by atoms with Gasteiger partial charge in [0, 0.05) is 6.42 Å². The van der Waals surface area contributed by atoms with Crippen LogP contribution < -0.4 is 10.6 Å². The highest BCUT2D eigenvalue weighted by atomic mass is 16.1. The Balaban J connectivity index is 1.63. The maximum atomic E-state index is 12.1. The maximum absolute atomic E-state index is 12.1. The van der Waals surface area contributed by atoms with Gasteiger partial charge in [-0.3, -0.25) is 4.79 Å². The molecule has 1 amide bonds. The Hall–Kier alpha value is -2.21. The fourth-order valence-electron chi connectivity index (χ4n) is 2.62. The SMILES string of the molecule is O=C(CCC1CCNC1)Nc1ccccc1-n1ccnn1. The number of benzene rings is 1. The molecule has 2 aromatic rings. The highest BCUT2D eigenvalue weighted by Gasteiger charge is 2.16. The van der Waals surface area contributed by atoms with E-state index in [4.69, 9.17) is 0 Å². The van der Waals surface area contributed by atoms with Crippen molar-refractivity contribution in [3.05, 3.63) is 36.7 Å². The largest absolute Gasteiger partial charge is 0.324 e. The summed E-state index contributed by atoms with van der Waals surface area (Å²) in [6.45, 7) is 2.10.